The lowest BCUT2D eigenvalue weighted by Gasteiger charge is -2.10. The van der Waals surface area contributed by atoms with Gasteiger partial charge in [-0.25, -0.2) is 17.6 Å². The molecule has 2 nitrogen and oxygen atoms in total. The first-order valence-corrected chi connectivity index (χ1v) is 10.9. The third-order valence-corrected chi connectivity index (χ3v) is 5.39. The van der Waals surface area contributed by atoms with Gasteiger partial charge < -0.3 is 5.41 Å². The van der Waals surface area contributed by atoms with Crippen LogP contribution in [0.5, 0.6) is 0 Å². The summed E-state index contributed by atoms with van der Waals surface area (Å²) in [6.07, 6.45) is 7.68. The van der Waals surface area contributed by atoms with Crippen LogP contribution in [0.25, 0.3) is 17.7 Å². The molecule has 0 radical (unpaired) electrons. The Morgan fingerprint density at radius 2 is 1.56 bits per heavy atom. The molecule has 6 heteroatoms. The second-order valence-electron chi connectivity index (χ2n) is 8.64. The molecule has 0 unspecified atom stereocenters. The largest absolute Gasteiger partial charge is 0.300 e. The monoisotopic (exact) mass is 466 g/mol. The van der Waals surface area contributed by atoms with E-state index in [0.717, 1.165) is 24.5 Å². The fraction of sp³-hybridized carbons (Fsp3) is 0.214. The predicted molar refractivity (Wildman–Crippen MR) is 130 cm³/mol. The number of aromatic nitrogens is 1. The van der Waals surface area contributed by atoms with Crippen molar-refractivity contribution >= 4 is 23.4 Å². The van der Waals surface area contributed by atoms with Gasteiger partial charge in [0.05, 0.1) is 17.0 Å². The molecule has 1 heterocycles. The highest BCUT2D eigenvalue weighted by Crippen LogP contribution is 2.25. The molecule has 0 atom stereocenters. The molecule has 0 aliphatic heterocycles. The number of nitrogens with zero attached hydrogens (tertiary/aromatic N) is 1. The molecule has 176 valence electrons. The predicted octanol–water partition coefficient (Wildman–Crippen LogP) is 7.79. The Kier molecular flexibility index (Phi) is 7.82. The van der Waals surface area contributed by atoms with E-state index in [2.05, 4.69) is 43.1 Å². The summed E-state index contributed by atoms with van der Waals surface area (Å²) in [7, 11) is 0. The standard InChI is InChI=1S/C28H26F4N2/c1-16(2)13-20-8-5-19(6-9-20)7-10-21-11-12-34-23(15-21)17(3)14-22(33)24-25(29)18(4)26(30)28(32)27(24)31/h5-12,14-16,33H,13H2,1-4H3/b10-7+,17-14+,33-22?. The average molecular weight is 467 g/mol. The Labute approximate surface area is 197 Å². The summed E-state index contributed by atoms with van der Waals surface area (Å²) in [5.74, 6) is -5.82. The van der Waals surface area contributed by atoms with Gasteiger partial charge in [-0.1, -0.05) is 50.3 Å². The highest BCUT2D eigenvalue weighted by molar-refractivity contribution is 6.10. The van der Waals surface area contributed by atoms with Crippen LogP contribution in [0.3, 0.4) is 0 Å². The van der Waals surface area contributed by atoms with Crippen molar-refractivity contribution in [3.63, 3.8) is 0 Å². The van der Waals surface area contributed by atoms with Crippen LogP contribution in [-0.2, 0) is 6.42 Å². The molecular formula is C28H26F4N2. The fourth-order valence-corrected chi connectivity index (χ4v) is 3.54. The number of benzene rings is 2. The van der Waals surface area contributed by atoms with Crippen molar-refractivity contribution in [2.45, 2.75) is 34.1 Å². The summed E-state index contributed by atoms with van der Waals surface area (Å²) in [5, 5.41) is 8.07. The first-order valence-electron chi connectivity index (χ1n) is 10.9. The number of nitrogens with one attached hydrogen (secondary N) is 1. The van der Waals surface area contributed by atoms with Crippen molar-refractivity contribution in [2.75, 3.05) is 0 Å². The van der Waals surface area contributed by atoms with Gasteiger partial charge in [-0.3, -0.25) is 4.98 Å². The number of pyridine rings is 1. The molecule has 0 amide bonds. The Morgan fingerprint density at radius 3 is 2.21 bits per heavy atom. The zero-order chi connectivity index (χ0) is 25.0. The van der Waals surface area contributed by atoms with Gasteiger partial charge in [0.1, 0.15) is 5.82 Å². The van der Waals surface area contributed by atoms with E-state index in [1.165, 1.54) is 11.6 Å². The lowest BCUT2D eigenvalue weighted by atomic mass is 10.0. The van der Waals surface area contributed by atoms with Crippen molar-refractivity contribution in [3.05, 3.63) is 105 Å². The lowest BCUT2D eigenvalue weighted by molar-refractivity contribution is 0.427. The Bertz CT molecular complexity index is 1240. The van der Waals surface area contributed by atoms with Crippen LogP contribution in [0.1, 0.15) is 54.3 Å². The minimum atomic E-state index is -1.80. The van der Waals surface area contributed by atoms with Crippen LogP contribution < -0.4 is 0 Å². The van der Waals surface area contributed by atoms with Crippen LogP contribution in [0, 0.1) is 41.5 Å². The summed E-state index contributed by atoms with van der Waals surface area (Å²) in [6.45, 7) is 6.98. The first kappa shape index (κ1) is 25.1. The molecule has 1 aromatic heterocycles. The number of rotatable bonds is 7. The normalized spacial score (nSPS) is 12.1. The molecular weight excluding hydrogens is 440 g/mol. The smallest absolute Gasteiger partial charge is 0.195 e. The maximum Gasteiger partial charge on any atom is 0.195 e. The molecule has 0 fully saturated rings. The molecule has 2 aromatic carbocycles. The molecule has 0 saturated carbocycles. The molecule has 0 bridgehead atoms. The maximum absolute atomic E-state index is 14.4. The lowest BCUT2D eigenvalue weighted by Crippen LogP contribution is -2.11. The quantitative estimate of drug-likeness (QED) is 0.164. The van der Waals surface area contributed by atoms with Gasteiger partial charge in [0.25, 0.3) is 0 Å². The molecule has 1 N–H and O–H groups in total. The van der Waals surface area contributed by atoms with E-state index in [0.29, 0.717) is 17.2 Å². The molecule has 3 rings (SSSR count). The van der Waals surface area contributed by atoms with Gasteiger partial charge >= 0.3 is 0 Å². The zero-order valence-corrected chi connectivity index (χ0v) is 19.5. The second kappa shape index (κ2) is 10.6. The van der Waals surface area contributed by atoms with Crippen LogP contribution in [0.2, 0.25) is 0 Å². The van der Waals surface area contributed by atoms with Crippen LogP contribution in [0.4, 0.5) is 17.6 Å². The Hall–Kier alpha value is -3.54. The summed E-state index contributed by atoms with van der Waals surface area (Å²) >= 11 is 0. The van der Waals surface area contributed by atoms with Gasteiger partial charge in [-0.05, 0) is 66.7 Å². The van der Waals surface area contributed by atoms with Crippen molar-refractivity contribution in [3.8, 4) is 0 Å². The maximum atomic E-state index is 14.4. The second-order valence-corrected chi connectivity index (χ2v) is 8.64. The van der Waals surface area contributed by atoms with E-state index >= 15 is 0 Å². The van der Waals surface area contributed by atoms with Crippen molar-refractivity contribution in [1.82, 2.24) is 4.98 Å². The zero-order valence-electron chi connectivity index (χ0n) is 19.5. The number of halogens is 4. The third-order valence-electron chi connectivity index (χ3n) is 5.39. The molecule has 0 saturated heterocycles. The average Bonchev–Trinajstić information content (AvgIpc) is 2.81. The first-order chi connectivity index (χ1) is 16.1. The fourth-order valence-electron chi connectivity index (χ4n) is 3.54. The topological polar surface area (TPSA) is 36.7 Å². The van der Waals surface area contributed by atoms with E-state index in [1.54, 1.807) is 19.2 Å². The number of allylic oxidation sites excluding steroid dienone is 2. The van der Waals surface area contributed by atoms with Crippen molar-refractivity contribution in [2.24, 2.45) is 5.92 Å². The van der Waals surface area contributed by atoms with Gasteiger partial charge in [-0.15, -0.1) is 0 Å². The number of hydrogen-bond donors (Lipinski definition) is 1. The molecule has 0 spiro atoms. The van der Waals surface area contributed by atoms with Crippen LogP contribution in [0.15, 0.2) is 48.7 Å². The Balaban J connectivity index is 1.83. The summed E-state index contributed by atoms with van der Waals surface area (Å²) in [4.78, 5) is 4.25. The molecule has 3 aromatic rings. The van der Waals surface area contributed by atoms with Crippen LogP contribution in [-0.4, -0.2) is 10.7 Å². The van der Waals surface area contributed by atoms with Crippen molar-refractivity contribution in [1.29, 1.82) is 5.41 Å². The summed E-state index contributed by atoms with van der Waals surface area (Å²) < 4.78 is 55.9. The minimum absolute atomic E-state index is 0.444. The van der Waals surface area contributed by atoms with Crippen LogP contribution >= 0.6 is 0 Å². The highest BCUT2D eigenvalue weighted by atomic mass is 19.2. The van der Waals surface area contributed by atoms with E-state index < -0.39 is 40.1 Å². The third kappa shape index (κ3) is 5.68. The van der Waals surface area contributed by atoms with E-state index in [-0.39, 0.29) is 0 Å². The van der Waals surface area contributed by atoms with Crippen molar-refractivity contribution < 1.29 is 17.6 Å². The highest BCUT2D eigenvalue weighted by Gasteiger charge is 2.25. The SMILES string of the molecule is C/C(=C\C(=N)c1c(F)c(C)c(F)c(F)c1F)c1cc(/C=C/c2ccc(CC(C)C)cc2)ccn1. The van der Waals surface area contributed by atoms with Gasteiger partial charge in [-0.2, -0.15) is 0 Å². The summed E-state index contributed by atoms with van der Waals surface area (Å²) in [6, 6.07) is 11.9. The van der Waals surface area contributed by atoms with Gasteiger partial charge in [0.15, 0.2) is 17.5 Å². The van der Waals surface area contributed by atoms with E-state index in [9.17, 15) is 17.6 Å². The van der Waals surface area contributed by atoms with E-state index in [4.69, 9.17) is 5.41 Å². The Morgan fingerprint density at radius 1 is 0.912 bits per heavy atom. The minimum Gasteiger partial charge on any atom is -0.300 e. The molecule has 0 aliphatic carbocycles. The van der Waals surface area contributed by atoms with Gasteiger partial charge in [0, 0.05) is 11.8 Å². The van der Waals surface area contributed by atoms with E-state index in [1.807, 2.05) is 18.2 Å². The molecule has 34 heavy (non-hydrogen) atoms. The van der Waals surface area contributed by atoms with Gasteiger partial charge in [0.2, 0.25) is 0 Å². The number of hydrogen-bond acceptors (Lipinski definition) is 2. The molecule has 0 aliphatic rings. The summed E-state index contributed by atoms with van der Waals surface area (Å²) in [5.41, 5.74) is 1.90.